The van der Waals surface area contributed by atoms with Gasteiger partial charge in [0.2, 0.25) is 0 Å². The maximum Gasteiger partial charge on any atom is 0.271 e. The average Bonchev–Trinajstić information content (AvgIpc) is 2.62. The normalized spacial score (nSPS) is 10.9. The van der Waals surface area contributed by atoms with Crippen molar-refractivity contribution in [3.8, 4) is 0 Å². The number of hydrogen-bond donors (Lipinski definition) is 1. The van der Waals surface area contributed by atoms with Crippen molar-refractivity contribution < 1.29 is 4.79 Å². The lowest BCUT2D eigenvalue weighted by atomic mass is 10.1. The SMILES string of the molecule is CN(C)c1ccc(C(=O)N/N=C/c2ccnc3ccccc23)cc1. The Morgan fingerprint density at radius 1 is 1.08 bits per heavy atom. The van der Waals surface area contributed by atoms with E-state index in [0.717, 1.165) is 22.2 Å². The molecule has 2 aromatic carbocycles. The Hall–Kier alpha value is -3.21. The second kappa shape index (κ2) is 6.91. The van der Waals surface area contributed by atoms with Crippen LogP contribution in [0.4, 0.5) is 5.69 Å². The molecule has 0 aliphatic rings. The monoisotopic (exact) mass is 318 g/mol. The van der Waals surface area contributed by atoms with E-state index in [9.17, 15) is 4.79 Å². The van der Waals surface area contributed by atoms with Crippen molar-refractivity contribution in [2.45, 2.75) is 0 Å². The van der Waals surface area contributed by atoms with E-state index in [1.807, 2.05) is 61.5 Å². The van der Waals surface area contributed by atoms with Crippen molar-refractivity contribution in [3.05, 3.63) is 71.9 Å². The number of carbonyl (C=O) groups is 1. The van der Waals surface area contributed by atoms with E-state index < -0.39 is 0 Å². The molecule has 0 spiro atoms. The Balaban J connectivity index is 1.72. The number of hydrazone groups is 1. The van der Waals surface area contributed by atoms with Crippen LogP contribution in [0.3, 0.4) is 0 Å². The van der Waals surface area contributed by atoms with Gasteiger partial charge >= 0.3 is 0 Å². The largest absolute Gasteiger partial charge is 0.378 e. The Morgan fingerprint density at radius 3 is 2.58 bits per heavy atom. The van der Waals surface area contributed by atoms with Gasteiger partial charge in [0.15, 0.2) is 0 Å². The first-order valence-electron chi connectivity index (χ1n) is 7.60. The van der Waals surface area contributed by atoms with Crippen molar-refractivity contribution in [1.82, 2.24) is 10.4 Å². The lowest BCUT2D eigenvalue weighted by Gasteiger charge is -2.12. The molecular weight excluding hydrogens is 300 g/mol. The summed E-state index contributed by atoms with van der Waals surface area (Å²) in [4.78, 5) is 18.4. The van der Waals surface area contributed by atoms with Gasteiger partial charge in [-0.2, -0.15) is 5.10 Å². The number of para-hydroxylation sites is 1. The average molecular weight is 318 g/mol. The van der Waals surface area contributed by atoms with Crippen LogP contribution in [0.5, 0.6) is 0 Å². The van der Waals surface area contributed by atoms with E-state index in [4.69, 9.17) is 0 Å². The smallest absolute Gasteiger partial charge is 0.271 e. The molecule has 0 unspecified atom stereocenters. The minimum atomic E-state index is -0.241. The molecule has 0 bridgehead atoms. The number of rotatable bonds is 4. The number of fused-ring (bicyclic) bond motifs is 1. The Labute approximate surface area is 140 Å². The van der Waals surface area contributed by atoms with E-state index in [0.29, 0.717) is 5.56 Å². The van der Waals surface area contributed by atoms with Gasteiger partial charge in [0.05, 0.1) is 11.7 Å². The van der Waals surface area contributed by atoms with Crippen molar-refractivity contribution in [3.63, 3.8) is 0 Å². The Morgan fingerprint density at radius 2 is 1.83 bits per heavy atom. The molecule has 1 N–H and O–H groups in total. The van der Waals surface area contributed by atoms with Gasteiger partial charge in [-0.1, -0.05) is 18.2 Å². The summed E-state index contributed by atoms with van der Waals surface area (Å²) in [5, 5.41) is 5.06. The Bertz CT molecular complexity index is 880. The lowest BCUT2D eigenvalue weighted by Crippen LogP contribution is -2.18. The highest BCUT2D eigenvalue weighted by Crippen LogP contribution is 2.14. The van der Waals surface area contributed by atoms with Crippen molar-refractivity contribution in [2.75, 3.05) is 19.0 Å². The van der Waals surface area contributed by atoms with Crippen LogP contribution in [-0.4, -0.2) is 31.2 Å². The number of benzene rings is 2. The summed E-state index contributed by atoms with van der Waals surface area (Å²) in [6.45, 7) is 0. The molecule has 3 rings (SSSR count). The molecule has 5 heteroatoms. The standard InChI is InChI=1S/C19H18N4O/c1-23(2)16-9-7-14(8-10-16)19(24)22-21-13-15-11-12-20-18-6-4-3-5-17(15)18/h3-13H,1-2H3,(H,22,24)/b21-13+. The van der Waals surface area contributed by atoms with Gasteiger partial charge in [0.25, 0.3) is 5.91 Å². The summed E-state index contributed by atoms with van der Waals surface area (Å²) >= 11 is 0. The van der Waals surface area contributed by atoms with Crippen LogP contribution >= 0.6 is 0 Å². The van der Waals surface area contributed by atoms with Gasteiger partial charge in [-0.15, -0.1) is 0 Å². The molecule has 0 atom stereocenters. The molecule has 0 radical (unpaired) electrons. The van der Waals surface area contributed by atoms with E-state index in [-0.39, 0.29) is 5.91 Å². The van der Waals surface area contributed by atoms with Crippen LogP contribution in [0, 0.1) is 0 Å². The molecule has 0 aliphatic carbocycles. The first-order chi connectivity index (χ1) is 11.6. The van der Waals surface area contributed by atoms with Gasteiger partial charge in [-0.05, 0) is 36.4 Å². The fourth-order valence-corrected chi connectivity index (χ4v) is 2.37. The molecule has 0 saturated carbocycles. The highest BCUT2D eigenvalue weighted by molar-refractivity contribution is 5.99. The molecule has 0 fully saturated rings. The number of carbonyl (C=O) groups excluding carboxylic acids is 1. The number of aromatic nitrogens is 1. The summed E-state index contributed by atoms with van der Waals surface area (Å²) in [6.07, 6.45) is 3.36. The maximum atomic E-state index is 12.1. The molecule has 3 aromatic rings. The third-order valence-corrected chi connectivity index (χ3v) is 3.70. The molecule has 1 amide bonds. The summed E-state index contributed by atoms with van der Waals surface area (Å²) in [6, 6.07) is 17.0. The Kier molecular flexibility index (Phi) is 4.52. The number of nitrogens with one attached hydrogen (secondary N) is 1. The first-order valence-corrected chi connectivity index (χ1v) is 7.60. The zero-order valence-electron chi connectivity index (χ0n) is 13.6. The highest BCUT2D eigenvalue weighted by Gasteiger charge is 2.05. The van der Waals surface area contributed by atoms with E-state index in [1.54, 1.807) is 24.5 Å². The van der Waals surface area contributed by atoms with Crippen molar-refractivity contribution in [1.29, 1.82) is 0 Å². The van der Waals surface area contributed by atoms with Gasteiger partial charge < -0.3 is 4.90 Å². The number of nitrogens with zero attached hydrogens (tertiary/aromatic N) is 3. The van der Waals surface area contributed by atoms with Gasteiger partial charge in [0.1, 0.15) is 0 Å². The van der Waals surface area contributed by atoms with Crippen molar-refractivity contribution >= 4 is 28.7 Å². The predicted octanol–water partition coefficient (Wildman–Crippen LogP) is 3.06. The summed E-state index contributed by atoms with van der Waals surface area (Å²) in [5.74, 6) is -0.241. The minimum absolute atomic E-state index is 0.241. The molecule has 5 nitrogen and oxygen atoms in total. The second-order valence-electron chi connectivity index (χ2n) is 5.56. The van der Waals surface area contributed by atoms with Crippen molar-refractivity contribution in [2.24, 2.45) is 5.10 Å². The maximum absolute atomic E-state index is 12.1. The summed E-state index contributed by atoms with van der Waals surface area (Å²) in [7, 11) is 3.91. The summed E-state index contributed by atoms with van der Waals surface area (Å²) in [5.41, 5.74) is 5.97. The van der Waals surface area contributed by atoms with Gasteiger partial charge in [-0.3, -0.25) is 9.78 Å². The van der Waals surface area contributed by atoms with E-state index in [1.165, 1.54) is 0 Å². The fraction of sp³-hybridized carbons (Fsp3) is 0.105. The second-order valence-corrected chi connectivity index (χ2v) is 5.56. The van der Waals surface area contributed by atoms with Crippen LogP contribution in [0.25, 0.3) is 10.9 Å². The van der Waals surface area contributed by atoms with Crippen LogP contribution in [0.2, 0.25) is 0 Å². The minimum Gasteiger partial charge on any atom is -0.378 e. The van der Waals surface area contributed by atoms with Crippen LogP contribution in [0.1, 0.15) is 15.9 Å². The van der Waals surface area contributed by atoms with E-state index >= 15 is 0 Å². The quantitative estimate of drug-likeness (QED) is 0.594. The molecule has 0 aliphatic heterocycles. The predicted molar refractivity (Wildman–Crippen MR) is 97.6 cm³/mol. The van der Waals surface area contributed by atoms with Gasteiger partial charge in [0, 0.05) is 42.5 Å². The first kappa shape index (κ1) is 15.7. The number of anilines is 1. The molecule has 120 valence electrons. The van der Waals surface area contributed by atoms with Gasteiger partial charge in [-0.25, -0.2) is 5.43 Å². The zero-order chi connectivity index (χ0) is 16.9. The molecular formula is C19H18N4O. The topological polar surface area (TPSA) is 57.6 Å². The molecule has 24 heavy (non-hydrogen) atoms. The lowest BCUT2D eigenvalue weighted by molar-refractivity contribution is 0.0955. The highest BCUT2D eigenvalue weighted by atomic mass is 16.2. The fourth-order valence-electron chi connectivity index (χ4n) is 2.37. The van der Waals surface area contributed by atoms with E-state index in [2.05, 4.69) is 15.5 Å². The molecule has 1 aromatic heterocycles. The molecule has 0 saturated heterocycles. The molecule has 1 heterocycles. The van der Waals surface area contributed by atoms with Crippen LogP contribution in [-0.2, 0) is 0 Å². The number of amides is 1. The summed E-state index contributed by atoms with van der Waals surface area (Å²) < 4.78 is 0. The number of pyridine rings is 1. The third kappa shape index (κ3) is 3.41. The van der Waals surface area contributed by atoms with Crippen LogP contribution < -0.4 is 10.3 Å². The number of hydrogen-bond acceptors (Lipinski definition) is 4. The van der Waals surface area contributed by atoms with Crippen LogP contribution in [0.15, 0.2) is 65.9 Å². The zero-order valence-corrected chi connectivity index (χ0v) is 13.6. The third-order valence-electron chi connectivity index (χ3n) is 3.70.